The Balaban J connectivity index is 1.38. The summed E-state index contributed by atoms with van der Waals surface area (Å²) in [5, 5.41) is 2.74. The highest BCUT2D eigenvalue weighted by atomic mass is 19.2. The van der Waals surface area contributed by atoms with Gasteiger partial charge in [-0.3, -0.25) is 4.79 Å². The van der Waals surface area contributed by atoms with Gasteiger partial charge in [0.1, 0.15) is 11.9 Å². The lowest BCUT2D eigenvalue weighted by Crippen LogP contribution is -2.38. The lowest BCUT2D eigenvalue weighted by atomic mass is 10.0. The molecule has 1 amide bonds. The van der Waals surface area contributed by atoms with E-state index in [0.717, 1.165) is 28.9 Å². The standard InChI is InChI=1S/C25H20F3N3O3/c26-18-11-15(12-19(27)23(18)28)10-14-4-7-29-22(13-14)31-8-5-16-17(2-1-3-21(16)31)24(32)30-20-6-9-34-25(20)33/h1-4,7,11-13,20H,5-6,8-10H2,(H,30,32). The summed E-state index contributed by atoms with van der Waals surface area (Å²) in [7, 11) is 0. The molecule has 5 rings (SSSR count). The zero-order valence-corrected chi connectivity index (χ0v) is 18.0. The quantitative estimate of drug-likeness (QED) is 0.456. The van der Waals surface area contributed by atoms with E-state index >= 15 is 0 Å². The highest BCUT2D eigenvalue weighted by Crippen LogP contribution is 2.36. The normalized spacial score (nSPS) is 17.0. The fourth-order valence-electron chi connectivity index (χ4n) is 4.41. The highest BCUT2D eigenvalue weighted by Gasteiger charge is 2.31. The van der Waals surface area contributed by atoms with Crippen molar-refractivity contribution in [3.63, 3.8) is 0 Å². The van der Waals surface area contributed by atoms with Crippen LogP contribution in [0.5, 0.6) is 0 Å². The molecule has 3 heterocycles. The first-order valence-corrected chi connectivity index (χ1v) is 10.9. The van der Waals surface area contributed by atoms with Gasteiger partial charge in [-0.2, -0.15) is 0 Å². The molecule has 1 N–H and O–H groups in total. The van der Waals surface area contributed by atoms with Gasteiger partial charge >= 0.3 is 5.97 Å². The highest BCUT2D eigenvalue weighted by molar-refractivity contribution is 6.00. The van der Waals surface area contributed by atoms with Crippen LogP contribution in [-0.2, 0) is 22.4 Å². The number of amides is 1. The molecule has 1 unspecified atom stereocenters. The zero-order chi connectivity index (χ0) is 23.8. The van der Waals surface area contributed by atoms with E-state index in [1.54, 1.807) is 30.5 Å². The number of carbonyl (C=O) groups excluding carboxylic acids is 2. The van der Waals surface area contributed by atoms with E-state index in [1.165, 1.54) is 0 Å². The van der Waals surface area contributed by atoms with E-state index < -0.39 is 29.5 Å². The smallest absolute Gasteiger partial charge is 0.328 e. The Morgan fingerprint density at radius 2 is 1.91 bits per heavy atom. The maximum absolute atomic E-state index is 13.6. The largest absolute Gasteiger partial charge is 0.464 e. The van der Waals surface area contributed by atoms with Gasteiger partial charge in [0, 0.05) is 30.4 Å². The maximum Gasteiger partial charge on any atom is 0.328 e. The molecule has 3 aromatic rings. The number of fused-ring (bicyclic) bond motifs is 1. The molecule has 0 radical (unpaired) electrons. The molecule has 6 nitrogen and oxygen atoms in total. The van der Waals surface area contributed by atoms with Crippen molar-refractivity contribution in [2.24, 2.45) is 0 Å². The van der Waals surface area contributed by atoms with Gasteiger partial charge in [0.15, 0.2) is 17.5 Å². The number of esters is 1. The van der Waals surface area contributed by atoms with Gasteiger partial charge in [0.25, 0.3) is 5.91 Å². The molecule has 2 aromatic carbocycles. The van der Waals surface area contributed by atoms with Crippen LogP contribution < -0.4 is 10.2 Å². The first kappa shape index (κ1) is 21.9. The summed E-state index contributed by atoms with van der Waals surface area (Å²) in [6.45, 7) is 0.880. The number of cyclic esters (lactones) is 1. The van der Waals surface area contributed by atoms with Gasteiger partial charge in [0.05, 0.1) is 6.61 Å². The number of ether oxygens (including phenoxy) is 1. The number of benzene rings is 2. The second kappa shape index (κ2) is 8.81. The fraction of sp³-hybridized carbons (Fsp3) is 0.240. The molecule has 1 fully saturated rings. The Bertz CT molecular complexity index is 1270. The summed E-state index contributed by atoms with van der Waals surface area (Å²) < 4.78 is 45.4. The average Bonchev–Trinajstić information content (AvgIpc) is 3.43. The molecule has 0 saturated carbocycles. The molecule has 9 heteroatoms. The van der Waals surface area contributed by atoms with Gasteiger partial charge in [-0.05, 0) is 65.9 Å². The van der Waals surface area contributed by atoms with E-state index in [2.05, 4.69) is 10.3 Å². The third kappa shape index (κ3) is 4.09. The molecule has 1 atom stereocenters. The lowest BCUT2D eigenvalue weighted by Gasteiger charge is -2.19. The first-order valence-electron chi connectivity index (χ1n) is 10.9. The third-order valence-corrected chi connectivity index (χ3v) is 6.05. The van der Waals surface area contributed by atoms with Crippen LogP contribution in [0.2, 0.25) is 0 Å². The van der Waals surface area contributed by atoms with Crippen LogP contribution in [0.1, 0.15) is 33.5 Å². The molecule has 2 aliphatic heterocycles. The number of rotatable bonds is 5. The van der Waals surface area contributed by atoms with Crippen LogP contribution in [0.25, 0.3) is 0 Å². The van der Waals surface area contributed by atoms with E-state index in [1.807, 2.05) is 11.0 Å². The summed E-state index contributed by atoms with van der Waals surface area (Å²) in [5.41, 5.74) is 3.22. The number of pyridine rings is 1. The van der Waals surface area contributed by atoms with E-state index in [4.69, 9.17) is 4.74 Å². The third-order valence-electron chi connectivity index (χ3n) is 6.05. The molecule has 1 aromatic heterocycles. The predicted octanol–water partition coefficient (Wildman–Crippen LogP) is 3.83. The Kier molecular flexibility index (Phi) is 5.69. The summed E-state index contributed by atoms with van der Waals surface area (Å²) in [4.78, 5) is 31.0. The second-order valence-corrected chi connectivity index (χ2v) is 8.26. The zero-order valence-electron chi connectivity index (χ0n) is 18.0. The number of aromatic nitrogens is 1. The molecule has 1 saturated heterocycles. The molecule has 0 aliphatic carbocycles. The molecule has 0 bridgehead atoms. The Hall–Kier alpha value is -3.88. The van der Waals surface area contributed by atoms with Crippen molar-refractivity contribution in [3.05, 3.63) is 88.4 Å². The summed E-state index contributed by atoms with van der Waals surface area (Å²) >= 11 is 0. The lowest BCUT2D eigenvalue weighted by molar-refractivity contribution is -0.139. The number of halogens is 3. The molecule has 34 heavy (non-hydrogen) atoms. The predicted molar refractivity (Wildman–Crippen MR) is 117 cm³/mol. The minimum atomic E-state index is -1.49. The van der Waals surface area contributed by atoms with E-state index in [-0.39, 0.29) is 12.3 Å². The van der Waals surface area contributed by atoms with Gasteiger partial charge in [0.2, 0.25) is 0 Å². The molecular formula is C25H20F3N3O3. The minimum absolute atomic E-state index is 0.199. The van der Waals surface area contributed by atoms with Gasteiger partial charge in [-0.15, -0.1) is 0 Å². The second-order valence-electron chi connectivity index (χ2n) is 8.26. The fourth-order valence-corrected chi connectivity index (χ4v) is 4.41. The number of anilines is 2. The van der Waals surface area contributed by atoms with E-state index in [0.29, 0.717) is 42.9 Å². The maximum atomic E-state index is 13.6. The SMILES string of the molecule is O=C(NC1CCOC1=O)c1cccc2c1CCN2c1cc(Cc2cc(F)c(F)c(F)c2)ccn1. The number of nitrogens with one attached hydrogen (secondary N) is 1. The van der Waals surface area contributed by atoms with Crippen LogP contribution in [0.15, 0.2) is 48.7 Å². The van der Waals surface area contributed by atoms with E-state index in [9.17, 15) is 22.8 Å². The Morgan fingerprint density at radius 1 is 1.12 bits per heavy atom. The average molecular weight is 467 g/mol. The van der Waals surface area contributed by atoms with Crippen LogP contribution in [0.3, 0.4) is 0 Å². The minimum Gasteiger partial charge on any atom is -0.464 e. The Morgan fingerprint density at radius 3 is 2.65 bits per heavy atom. The number of carbonyl (C=O) groups is 2. The molecule has 2 aliphatic rings. The molecule has 0 spiro atoms. The monoisotopic (exact) mass is 467 g/mol. The summed E-state index contributed by atoms with van der Waals surface area (Å²) in [5.74, 6) is -4.08. The van der Waals surface area contributed by atoms with Gasteiger partial charge in [-0.25, -0.2) is 22.9 Å². The first-order chi connectivity index (χ1) is 16.4. The van der Waals surface area contributed by atoms with Crippen molar-refractivity contribution in [1.29, 1.82) is 0 Å². The number of nitrogens with zero attached hydrogens (tertiary/aromatic N) is 2. The van der Waals surface area contributed by atoms with Crippen LogP contribution in [0.4, 0.5) is 24.7 Å². The van der Waals surface area contributed by atoms with Crippen molar-refractivity contribution in [2.45, 2.75) is 25.3 Å². The molecular weight excluding hydrogens is 447 g/mol. The van der Waals surface area contributed by atoms with Crippen molar-refractivity contribution >= 4 is 23.4 Å². The van der Waals surface area contributed by atoms with Crippen LogP contribution >= 0.6 is 0 Å². The number of hydrogen-bond acceptors (Lipinski definition) is 5. The topological polar surface area (TPSA) is 71.5 Å². The van der Waals surface area contributed by atoms with Crippen molar-refractivity contribution < 1.29 is 27.5 Å². The summed E-state index contributed by atoms with van der Waals surface area (Å²) in [6, 6.07) is 10.2. The van der Waals surface area contributed by atoms with Gasteiger partial charge in [-0.1, -0.05) is 6.07 Å². The van der Waals surface area contributed by atoms with Crippen LogP contribution in [0, 0.1) is 17.5 Å². The summed E-state index contributed by atoms with van der Waals surface area (Å²) in [6.07, 6.45) is 2.85. The van der Waals surface area contributed by atoms with Crippen molar-refractivity contribution in [3.8, 4) is 0 Å². The van der Waals surface area contributed by atoms with Crippen molar-refractivity contribution in [2.75, 3.05) is 18.1 Å². The Labute approximate surface area is 193 Å². The molecule has 174 valence electrons. The number of hydrogen-bond donors (Lipinski definition) is 1. The van der Waals surface area contributed by atoms with Gasteiger partial charge < -0.3 is 15.0 Å². The van der Waals surface area contributed by atoms with Crippen molar-refractivity contribution in [1.82, 2.24) is 10.3 Å². The van der Waals surface area contributed by atoms with Crippen LogP contribution in [-0.4, -0.2) is 36.1 Å².